The summed E-state index contributed by atoms with van der Waals surface area (Å²) in [6.07, 6.45) is 3.10. The van der Waals surface area contributed by atoms with E-state index in [1.54, 1.807) is 0 Å². The highest BCUT2D eigenvalue weighted by Crippen LogP contribution is 2.45. The van der Waals surface area contributed by atoms with E-state index in [-0.39, 0.29) is 29.2 Å². The summed E-state index contributed by atoms with van der Waals surface area (Å²) in [5, 5.41) is 49.6. The van der Waals surface area contributed by atoms with Gasteiger partial charge in [0.1, 0.15) is 23.4 Å². The van der Waals surface area contributed by atoms with Crippen molar-refractivity contribution in [1.29, 1.82) is 0 Å². The molecule has 0 aromatic heterocycles. The monoisotopic (exact) mass is 456 g/mol. The average molecular weight is 456 g/mol. The highest BCUT2D eigenvalue weighted by molar-refractivity contribution is 5.83. The fourth-order valence-corrected chi connectivity index (χ4v) is 3.67. The van der Waals surface area contributed by atoms with Crippen molar-refractivity contribution in [3.05, 3.63) is 58.7 Å². The molecule has 1 aliphatic heterocycles. The summed E-state index contributed by atoms with van der Waals surface area (Å²) >= 11 is 0. The first kappa shape index (κ1) is 23.8. The maximum absolute atomic E-state index is 12.6. The zero-order valence-corrected chi connectivity index (χ0v) is 18.7. The van der Waals surface area contributed by atoms with Gasteiger partial charge in [0.15, 0.2) is 23.4 Å². The van der Waals surface area contributed by atoms with Gasteiger partial charge in [0.05, 0.1) is 0 Å². The number of phenolic OH excluding ortho intramolecular Hbond substituents is 5. The van der Waals surface area contributed by atoms with Crippen LogP contribution in [0, 0.1) is 0 Å². The number of aromatic hydroxyl groups is 5. The zero-order chi connectivity index (χ0) is 24.3. The predicted octanol–water partition coefficient (Wildman–Crippen LogP) is 4.50. The summed E-state index contributed by atoms with van der Waals surface area (Å²) in [5.74, 6) is -2.69. The largest absolute Gasteiger partial charge is 0.508 e. The van der Waals surface area contributed by atoms with Crippen LogP contribution in [0.4, 0.5) is 0 Å². The van der Waals surface area contributed by atoms with Crippen LogP contribution in [-0.2, 0) is 16.0 Å². The molecule has 0 fully saturated rings. The minimum absolute atomic E-state index is 0.0604. The van der Waals surface area contributed by atoms with Gasteiger partial charge in [-0.3, -0.25) is 0 Å². The summed E-state index contributed by atoms with van der Waals surface area (Å²) in [6.45, 7) is 5.83. The Labute approximate surface area is 191 Å². The van der Waals surface area contributed by atoms with E-state index < -0.39 is 35.4 Å². The lowest BCUT2D eigenvalue weighted by atomic mass is 9.93. The number of hydrogen-bond donors (Lipinski definition) is 5. The molecule has 2 aromatic rings. The summed E-state index contributed by atoms with van der Waals surface area (Å²) in [7, 11) is 0. The first-order valence-electron chi connectivity index (χ1n) is 10.5. The fraction of sp³-hybridized carbons (Fsp3) is 0.320. The Bertz CT molecular complexity index is 1090. The van der Waals surface area contributed by atoms with Crippen molar-refractivity contribution in [2.24, 2.45) is 0 Å². The van der Waals surface area contributed by atoms with E-state index in [0.29, 0.717) is 12.0 Å². The molecule has 33 heavy (non-hydrogen) atoms. The van der Waals surface area contributed by atoms with Gasteiger partial charge in [-0.25, -0.2) is 4.79 Å². The summed E-state index contributed by atoms with van der Waals surface area (Å²) in [5.41, 5.74) is 2.60. The van der Waals surface area contributed by atoms with Crippen LogP contribution in [0.25, 0.3) is 0 Å². The SMILES string of the molecule is CC(C)=CCC/C(C)=C/C(=O)O[C@@H]1Cc2c(O)cc(O)cc2O[C@@H]1c1cc(O)c(O)c(O)c1. The molecule has 0 unspecified atom stereocenters. The molecule has 8 heteroatoms. The van der Waals surface area contributed by atoms with E-state index in [4.69, 9.17) is 9.47 Å². The van der Waals surface area contributed by atoms with Crippen molar-refractivity contribution in [2.45, 2.75) is 52.2 Å². The number of esters is 1. The second kappa shape index (κ2) is 9.77. The third-order valence-corrected chi connectivity index (χ3v) is 5.31. The van der Waals surface area contributed by atoms with Crippen molar-refractivity contribution in [2.75, 3.05) is 0 Å². The number of fused-ring (bicyclic) bond motifs is 1. The minimum atomic E-state index is -0.987. The highest BCUT2D eigenvalue weighted by atomic mass is 16.6. The first-order chi connectivity index (χ1) is 15.5. The highest BCUT2D eigenvalue weighted by Gasteiger charge is 2.36. The topological polar surface area (TPSA) is 137 Å². The third kappa shape index (κ3) is 5.71. The maximum Gasteiger partial charge on any atom is 0.331 e. The van der Waals surface area contributed by atoms with Crippen molar-refractivity contribution in [3.63, 3.8) is 0 Å². The van der Waals surface area contributed by atoms with Gasteiger partial charge in [0, 0.05) is 35.8 Å². The fourth-order valence-electron chi connectivity index (χ4n) is 3.67. The van der Waals surface area contributed by atoms with Crippen LogP contribution in [0.5, 0.6) is 34.5 Å². The standard InChI is InChI=1S/C25H28O8/c1-13(2)5-4-6-14(3)7-23(30)32-22-12-17-18(27)10-16(26)11-21(17)33-25(22)15-8-19(28)24(31)20(29)9-15/h5,7-11,22,25-29,31H,4,6,12H2,1-3H3/b14-7+/t22-,25-/m1/s1. The van der Waals surface area contributed by atoms with Crippen molar-refractivity contribution in [3.8, 4) is 34.5 Å². The van der Waals surface area contributed by atoms with Crippen LogP contribution in [-0.4, -0.2) is 37.6 Å². The molecule has 0 saturated heterocycles. The second-order valence-corrected chi connectivity index (χ2v) is 8.38. The van der Waals surface area contributed by atoms with Gasteiger partial charge < -0.3 is 35.0 Å². The number of benzene rings is 2. The molecule has 8 nitrogen and oxygen atoms in total. The first-order valence-corrected chi connectivity index (χ1v) is 10.5. The van der Waals surface area contributed by atoms with Crippen LogP contribution in [0.2, 0.25) is 0 Å². The molecule has 0 bridgehead atoms. The van der Waals surface area contributed by atoms with Crippen molar-refractivity contribution >= 4 is 5.97 Å². The molecule has 1 aliphatic rings. The van der Waals surface area contributed by atoms with Gasteiger partial charge in [-0.15, -0.1) is 0 Å². The lowest BCUT2D eigenvalue weighted by Crippen LogP contribution is -2.34. The van der Waals surface area contributed by atoms with Gasteiger partial charge in [0.2, 0.25) is 0 Å². The van der Waals surface area contributed by atoms with Crippen molar-refractivity contribution < 1.29 is 39.8 Å². The Hall–Kier alpha value is -3.81. The van der Waals surface area contributed by atoms with Crippen LogP contribution in [0.1, 0.15) is 50.8 Å². The van der Waals surface area contributed by atoms with Gasteiger partial charge in [0.25, 0.3) is 0 Å². The van der Waals surface area contributed by atoms with E-state index in [0.717, 1.165) is 18.1 Å². The number of allylic oxidation sites excluding steroid dienone is 3. The molecule has 0 amide bonds. The molecule has 3 rings (SSSR count). The Balaban J connectivity index is 1.90. The number of rotatable bonds is 6. The molecule has 0 radical (unpaired) electrons. The lowest BCUT2D eigenvalue weighted by molar-refractivity contribution is -0.149. The van der Waals surface area contributed by atoms with E-state index in [1.165, 1.54) is 29.8 Å². The average Bonchev–Trinajstić information content (AvgIpc) is 2.71. The molecule has 1 heterocycles. The van der Waals surface area contributed by atoms with E-state index in [1.807, 2.05) is 20.8 Å². The molecular formula is C25H28O8. The van der Waals surface area contributed by atoms with E-state index >= 15 is 0 Å². The Morgan fingerprint density at radius 3 is 2.33 bits per heavy atom. The van der Waals surface area contributed by atoms with Gasteiger partial charge in [-0.2, -0.15) is 0 Å². The third-order valence-electron chi connectivity index (χ3n) is 5.31. The number of hydrogen-bond acceptors (Lipinski definition) is 8. The molecule has 2 atom stereocenters. The smallest absolute Gasteiger partial charge is 0.331 e. The summed E-state index contributed by atoms with van der Waals surface area (Å²) < 4.78 is 11.6. The van der Waals surface area contributed by atoms with Crippen LogP contribution >= 0.6 is 0 Å². The Morgan fingerprint density at radius 1 is 1.03 bits per heavy atom. The van der Waals surface area contributed by atoms with Crippen LogP contribution < -0.4 is 4.74 Å². The Morgan fingerprint density at radius 2 is 1.70 bits per heavy atom. The lowest BCUT2D eigenvalue weighted by Gasteiger charge is -2.33. The minimum Gasteiger partial charge on any atom is -0.508 e. The molecule has 176 valence electrons. The molecule has 5 N–H and O–H groups in total. The van der Waals surface area contributed by atoms with E-state index in [9.17, 15) is 30.3 Å². The molecular weight excluding hydrogens is 428 g/mol. The molecule has 2 aromatic carbocycles. The van der Waals surface area contributed by atoms with Gasteiger partial charge in [-0.1, -0.05) is 17.2 Å². The second-order valence-electron chi connectivity index (χ2n) is 8.38. The van der Waals surface area contributed by atoms with Crippen LogP contribution in [0.15, 0.2) is 47.6 Å². The molecule has 0 aliphatic carbocycles. The summed E-state index contributed by atoms with van der Waals surface area (Å²) in [4.78, 5) is 12.6. The maximum atomic E-state index is 12.6. The molecule has 0 saturated carbocycles. The summed E-state index contributed by atoms with van der Waals surface area (Å²) in [6, 6.07) is 4.85. The number of carbonyl (C=O) groups is 1. The van der Waals surface area contributed by atoms with Gasteiger partial charge >= 0.3 is 5.97 Å². The number of phenols is 5. The van der Waals surface area contributed by atoms with E-state index in [2.05, 4.69) is 6.08 Å². The van der Waals surface area contributed by atoms with Crippen LogP contribution in [0.3, 0.4) is 0 Å². The predicted molar refractivity (Wildman–Crippen MR) is 121 cm³/mol. The van der Waals surface area contributed by atoms with Crippen molar-refractivity contribution in [1.82, 2.24) is 0 Å². The van der Waals surface area contributed by atoms with Gasteiger partial charge in [-0.05, 0) is 45.7 Å². The number of ether oxygens (including phenoxy) is 2. The number of carbonyl (C=O) groups excluding carboxylic acids is 1. The normalized spacial score (nSPS) is 17.6. The quantitative estimate of drug-likeness (QED) is 0.186. The Kier molecular flexibility index (Phi) is 7.06. The zero-order valence-electron chi connectivity index (χ0n) is 18.7. The molecule has 0 spiro atoms.